The molecule has 4 aliphatic rings. The Bertz CT molecular complexity index is 1130. The van der Waals surface area contributed by atoms with Gasteiger partial charge in [0.15, 0.2) is 6.79 Å². The minimum absolute atomic E-state index is 0.163. The van der Waals surface area contributed by atoms with E-state index in [4.69, 9.17) is 18.9 Å². The van der Waals surface area contributed by atoms with E-state index in [2.05, 4.69) is 31.2 Å². The van der Waals surface area contributed by atoms with Gasteiger partial charge in [0.05, 0.1) is 20.3 Å². The monoisotopic (exact) mass is 506 g/mol. The van der Waals surface area contributed by atoms with Crippen LogP contribution in [0.1, 0.15) is 72.5 Å². The highest BCUT2D eigenvalue weighted by molar-refractivity contribution is 5.92. The quantitative estimate of drug-likeness (QED) is 0.215. The highest BCUT2D eigenvalue weighted by atomic mass is 16.7. The third-order valence-electron chi connectivity index (χ3n) is 8.61. The number of carboxylic acids is 1. The Morgan fingerprint density at radius 3 is 2.30 bits per heavy atom. The van der Waals surface area contributed by atoms with E-state index in [0.29, 0.717) is 19.0 Å². The van der Waals surface area contributed by atoms with Crippen molar-refractivity contribution in [1.82, 2.24) is 0 Å². The predicted molar refractivity (Wildman–Crippen MR) is 143 cm³/mol. The van der Waals surface area contributed by atoms with Gasteiger partial charge in [0.2, 0.25) is 0 Å². The van der Waals surface area contributed by atoms with Crippen molar-refractivity contribution in [2.45, 2.75) is 50.9 Å². The summed E-state index contributed by atoms with van der Waals surface area (Å²) in [4.78, 5) is 11.5. The van der Waals surface area contributed by atoms with Gasteiger partial charge < -0.3 is 24.1 Å². The smallest absolute Gasteiger partial charge is 0.339 e. The van der Waals surface area contributed by atoms with Gasteiger partial charge in [-0.05, 0) is 110 Å². The van der Waals surface area contributed by atoms with Gasteiger partial charge in [-0.3, -0.25) is 0 Å². The van der Waals surface area contributed by atoms with E-state index >= 15 is 0 Å². The summed E-state index contributed by atoms with van der Waals surface area (Å²) >= 11 is 0. The Morgan fingerprint density at radius 1 is 0.973 bits per heavy atom. The molecule has 0 aliphatic heterocycles. The average Bonchev–Trinajstić information content (AvgIpc) is 2.87. The number of aromatic carboxylic acids is 1. The molecular weight excluding hydrogens is 468 g/mol. The van der Waals surface area contributed by atoms with Gasteiger partial charge in [-0.25, -0.2) is 4.79 Å². The fraction of sp³-hybridized carbons (Fsp3) is 0.516. The zero-order valence-electron chi connectivity index (χ0n) is 22.1. The fourth-order valence-corrected chi connectivity index (χ4v) is 7.37. The van der Waals surface area contributed by atoms with Crippen LogP contribution in [0.2, 0.25) is 0 Å². The number of hydrogen-bond acceptors (Lipinski definition) is 5. The summed E-state index contributed by atoms with van der Waals surface area (Å²) in [6, 6.07) is 11.8. The van der Waals surface area contributed by atoms with Crippen molar-refractivity contribution in [3.05, 3.63) is 58.7 Å². The molecule has 0 heterocycles. The molecule has 6 rings (SSSR count). The molecule has 0 radical (unpaired) electrons. The molecular formula is C31H38O6. The summed E-state index contributed by atoms with van der Waals surface area (Å²) in [6.07, 6.45) is 10.0. The Morgan fingerprint density at radius 2 is 1.68 bits per heavy atom. The molecule has 37 heavy (non-hydrogen) atoms. The summed E-state index contributed by atoms with van der Waals surface area (Å²) < 4.78 is 22.3. The molecule has 198 valence electrons. The minimum atomic E-state index is -0.994. The second-order valence-corrected chi connectivity index (χ2v) is 11.2. The lowest BCUT2D eigenvalue weighted by Gasteiger charge is -2.57. The summed E-state index contributed by atoms with van der Waals surface area (Å²) in [5.74, 6) is 2.79. The molecule has 6 nitrogen and oxygen atoms in total. The number of carboxylic acid groups (broad SMARTS) is 1. The van der Waals surface area contributed by atoms with E-state index in [-0.39, 0.29) is 17.8 Å². The average molecular weight is 507 g/mol. The third kappa shape index (κ3) is 5.41. The van der Waals surface area contributed by atoms with Crippen LogP contribution in [-0.2, 0) is 14.9 Å². The number of rotatable bonds is 11. The van der Waals surface area contributed by atoms with E-state index in [1.54, 1.807) is 19.2 Å². The molecule has 0 unspecified atom stereocenters. The Kier molecular flexibility index (Phi) is 7.59. The number of hydrogen-bond donors (Lipinski definition) is 1. The molecule has 2 aromatic carbocycles. The van der Waals surface area contributed by atoms with Crippen molar-refractivity contribution >= 4 is 17.6 Å². The first-order valence-corrected chi connectivity index (χ1v) is 13.3. The SMILES string of the molecule is COCCOCOc1ccc(/C(C)=C/c2ccc(C(=O)O)c(OC)c2)cc1C12CC3CC(CC(C3)C1)C2. The van der Waals surface area contributed by atoms with Gasteiger partial charge in [-0.15, -0.1) is 0 Å². The van der Waals surface area contributed by atoms with E-state index in [9.17, 15) is 9.90 Å². The highest BCUT2D eigenvalue weighted by Gasteiger charge is 2.52. The van der Waals surface area contributed by atoms with E-state index in [1.165, 1.54) is 51.2 Å². The first-order chi connectivity index (χ1) is 17.9. The van der Waals surface area contributed by atoms with Crippen molar-refractivity contribution in [2.24, 2.45) is 17.8 Å². The van der Waals surface area contributed by atoms with Crippen LogP contribution in [0.25, 0.3) is 11.6 Å². The van der Waals surface area contributed by atoms with Crippen molar-refractivity contribution in [1.29, 1.82) is 0 Å². The molecule has 0 amide bonds. The molecule has 6 heteroatoms. The van der Waals surface area contributed by atoms with Gasteiger partial charge in [0, 0.05) is 12.7 Å². The first-order valence-electron chi connectivity index (χ1n) is 13.3. The molecule has 0 aromatic heterocycles. The molecule has 0 spiro atoms. The summed E-state index contributed by atoms with van der Waals surface area (Å²) in [5.41, 5.74) is 4.84. The lowest BCUT2D eigenvalue weighted by molar-refractivity contribution is -0.0189. The molecule has 4 bridgehead atoms. The highest BCUT2D eigenvalue weighted by Crippen LogP contribution is 2.62. The normalized spacial score (nSPS) is 26.4. The van der Waals surface area contributed by atoms with Crippen LogP contribution in [0.4, 0.5) is 0 Å². The van der Waals surface area contributed by atoms with Crippen molar-refractivity contribution in [3.8, 4) is 11.5 Å². The van der Waals surface area contributed by atoms with Crippen molar-refractivity contribution in [2.75, 3.05) is 34.2 Å². The van der Waals surface area contributed by atoms with Crippen molar-refractivity contribution in [3.63, 3.8) is 0 Å². The third-order valence-corrected chi connectivity index (χ3v) is 8.61. The zero-order valence-corrected chi connectivity index (χ0v) is 22.1. The molecule has 2 aromatic rings. The summed E-state index contributed by atoms with van der Waals surface area (Å²) in [7, 11) is 3.16. The van der Waals surface area contributed by atoms with E-state index in [0.717, 1.165) is 40.2 Å². The largest absolute Gasteiger partial charge is 0.496 e. The second-order valence-electron chi connectivity index (χ2n) is 11.2. The Balaban J connectivity index is 1.46. The van der Waals surface area contributed by atoms with Gasteiger partial charge in [-0.2, -0.15) is 0 Å². The van der Waals surface area contributed by atoms with Crippen molar-refractivity contribution < 1.29 is 28.8 Å². The number of methoxy groups -OCH3 is 2. The minimum Gasteiger partial charge on any atom is -0.496 e. The molecule has 4 fully saturated rings. The van der Waals surface area contributed by atoms with Crippen LogP contribution < -0.4 is 9.47 Å². The second kappa shape index (κ2) is 10.9. The van der Waals surface area contributed by atoms with Crippen LogP contribution in [0.15, 0.2) is 36.4 Å². The maximum absolute atomic E-state index is 11.5. The number of ether oxygens (including phenoxy) is 4. The molecule has 0 saturated heterocycles. The van der Waals surface area contributed by atoms with Crippen LogP contribution in [0.5, 0.6) is 11.5 Å². The van der Waals surface area contributed by atoms with Gasteiger partial charge in [0.25, 0.3) is 0 Å². The maximum Gasteiger partial charge on any atom is 0.339 e. The number of carbonyl (C=O) groups is 1. The molecule has 0 atom stereocenters. The summed E-state index contributed by atoms with van der Waals surface area (Å²) in [5, 5.41) is 9.40. The standard InChI is InChI=1S/C31H38O6/c1-20(10-21-4-6-26(30(32)33)29(14-21)35-3)25-5-7-28(37-19-36-9-8-34-2)27(15-25)31-16-22-11-23(17-31)13-24(12-22)18-31/h4-7,10,14-15,22-24H,8-9,11-13,16-19H2,1-3H3,(H,32,33)/b20-10+. The summed E-state index contributed by atoms with van der Waals surface area (Å²) in [6.45, 7) is 3.37. The lowest BCUT2D eigenvalue weighted by atomic mass is 9.48. The Labute approximate surface area is 219 Å². The zero-order chi connectivity index (χ0) is 26.0. The topological polar surface area (TPSA) is 74.2 Å². The first kappa shape index (κ1) is 25.8. The van der Waals surface area contributed by atoms with Crippen LogP contribution in [-0.4, -0.2) is 45.3 Å². The fourth-order valence-electron chi connectivity index (χ4n) is 7.37. The van der Waals surface area contributed by atoms with Crippen LogP contribution in [0, 0.1) is 17.8 Å². The van der Waals surface area contributed by atoms with Crippen LogP contribution >= 0.6 is 0 Å². The van der Waals surface area contributed by atoms with Gasteiger partial charge >= 0.3 is 5.97 Å². The van der Waals surface area contributed by atoms with Crippen LogP contribution in [0.3, 0.4) is 0 Å². The Hall–Kier alpha value is -2.83. The number of allylic oxidation sites excluding steroid dienone is 1. The molecule has 4 saturated carbocycles. The van der Waals surface area contributed by atoms with E-state index in [1.807, 2.05) is 6.07 Å². The predicted octanol–water partition coefficient (Wildman–Crippen LogP) is 6.42. The lowest BCUT2D eigenvalue weighted by Crippen LogP contribution is -2.48. The number of benzene rings is 2. The van der Waals surface area contributed by atoms with Gasteiger partial charge in [-0.1, -0.05) is 18.2 Å². The van der Waals surface area contributed by atoms with E-state index < -0.39 is 5.97 Å². The molecule has 1 N–H and O–H groups in total. The van der Waals surface area contributed by atoms with Gasteiger partial charge in [0.1, 0.15) is 17.1 Å². The maximum atomic E-state index is 11.5. The molecule has 4 aliphatic carbocycles.